The molecule has 1 N–H and O–H groups in total. The molecule has 0 bridgehead atoms. The van der Waals surface area contributed by atoms with Gasteiger partial charge in [-0.25, -0.2) is 0 Å². The van der Waals surface area contributed by atoms with Crippen LogP contribution in [0.5, 0.6) is 5.88 Å². The first-order valence-corrected chi connectivity index (χ1v) is 7.94. The molecular weight excluding hydrogens is 333 g/mol. The first-order chi connectivity index (χ1) is 9.83. The first kappa shape index (κ1) is 16.5. The summed E-state index contributed by atoms with van der Waals surface area (Å²) < 4.78 is 2.55. The summed E-state index contributed by atoms with van der Waals surface area (Å²) in [6.07, 6.45) is 2.08. The van der Waals surface area contributed by atoms with Crippen LogP contribution < -0.4 is 5.56 Å². The summed E-state index contributed by atoms with van der Waals surface area (Å²) >= 11 is 17.1. The molecule has 2 rings (SSSR count). The Morgan fingerprint density at radius 3 is 2.48 bits per heavy atom. The standard InChI is InChI=1S/C13H17Cl2N3O2S/c1-3-17-10(19)9(11(20)18(4-2)12(17)21)7-16-6-8-5-13(8,14)15/h7-8,19H,3-6H2,1-2H3. The first-order valence-electron chi connectivity index (χ1n) is 6.77. The molecule has 0 spiro atoms. The predicted molar refractivity (Wildman–Crippen MR) is 87.5 cm³/mol. The molecule has 1 heterocycles. The highest BCUT2D eigenvalue weighted by atomic mass is 35.5. The van der Waals surface area contributed by atoms with Crippen LogP contribution in [0.3, 0.4) is 0 Å². The maximum atomic E-state index is 12.3. The van der Waals surface area contributed by atoms with Gasteiger partial charge in [0, 0.05) is 31.8 Å². The Morgan fingerprint density at radius 1 is 1.43 bits per heavy atom. The van der Waals surface area contributed by atoms with Crippen LogP contribution in [-0.4, -0.2) is 31.3 Å². The van der Waals surface area contributed by atoms with Gasteiger partial charge in [0.1, 0.15) is 9.90 Å². The Labute approximate surface area is 137 Å². The van der Waals surface area contributed by atoms with Crippen LogP contribution in [0.1, 0.15) is 25.8 Å². The van der Waals surface area contributed by atoms with Crippen LogP contribution in [0.2, 0.25) is 0 Å². The maximum absolute atomic E-state index is 12.3. The van der Waals surface area contributed by atoms with Crippen molar-refractivity contribution in [3.63, 3.8) is 0 Å². The van der Waals surface area contributed by atoms with Crippen LogP contribution >= 0.6 is 35.4 Å². The van der Waals surface area contributed by atoms with Crippen molar-refractivity contribution in [3.05, 3.63) is 20.7 Å². The van der Waals surface area contributed by atoms with Gasteiger partial charge in [-0.05, 0) is 32.5 Å². The van der Waals surface area contributed by atoms with Crippen molar-refractivity contribution < 1.29 is 5.11 Å². The highest BCUT2D eigenvalue weighted by Gasteiger charge is 2.51. The number of aromatic nitrogens is 2. The molecule has 116 valence electrons. The van der Waals surface area contributed by atoms with E-state index in [-0.39, 0.29) is 22.9 Å². The molecule has 0 aliphatic heterocycles. The van der Waals surface area contributed by atoms with Crippen molar-refractivity contribution in [3.8, 4) is 5.88 Å². The van der Waals surface area contributed by atoms with Crippen molar-refractivity contribution in [1.29, 1.82) is 0 Å². The lowest BCUT2D eigenvalue weighted by molar-refractivity contribution is 0.399. The summed E-state index contributed by atoms with van der Waals surface area (Å²) in [7, 11) is 0. The van der Waals surface area contributed by atoms with Crippen molar-refractivity contribution >= 4 is 41.6 Å². The Kier molecular flexibility index (Phi) is 4.80. The molecule has 1 aliphatic carbocycles. The zero-order valence-corrected chi connectivity index (χ0v) is 14.2. The number of alkyl halides is 2. The molecule has 0 aromatic carbocycles. The molecular formula is C13H17Cl2N3O2S. The van der Waals surface area contributed by atoms with E-state index in [0.29, 0.717) is 30.8 Å². The molecule has 1 fully saturated rings. The minimum absolute atomic E-state index is 0.101. The van der Waals surface area contributed by atoms with Gasteiger partial charge in [0.05, 0.1) is 0 Å². The van der Waals surface area contributed by atoms with Crippen LogP contribution in [-0.2, 0) is 13.1 Å². The summed E-state index contributed by atoms with van der Waals surface area (Å²) in [6.45, 7) is 5.02. The van der Waals surface area contributed by atoms with Gasteiger partial charge in [-0.3, -0.25) is 18.9 Å². The third-order valence-electron chi connectivity index (χ3n) is 3.57. The molecule has 5 nitrogen and oxygen atoms in total. The molecule has 21 heavy (non-hydrogen) atoms. The van der Waals surface area contributed by atoms with E-state index in [4.69, 9.17) is 35.4 Å². The van der Waals surface area contributed by atoms with E-state index in [1.165, 1.54) is 15.3 Å². The van der Waals surface area contributed by atoms with Crippen LogP contribution in [0, 0.1) is 10.7 Å². The molecule has 1 saturated carbocycles. The number of aliphatic imine (C=N–C) groups is 1. The predicted octanol–water partition coefficient (Wildman–Crippen LogP) is 2.74. The van der Waals surface area contributed by atoms with Crippen molar-refractivity contribution in [2.24, 2.45) is 10.9 Å². The van der Waals surface area contributed by atoms with E-state index in [0.717, 1.165) is 0 Å². The van der Waals surface area contributed by atoms with E-state index >= 15 is 0 Å². The minimum atomic E-state index is -0.698. The monoisotopic (exact) mass is 349 g/mol. The van der Waals surface area contributed by atoms with Gasteiger partial charge in [0.15, 0.2) is 4.77 Å². The average molecular weight is 350 g/mol. The number of hydrogen-bond acceptors (Lipinski definition) is 4. The van der Waals surface area contributed by atoms with Crippen LogP contribution in [0.25, 0.3) is 0 Å². The highest BCUT2D eigenvalue weighted by Crippen LogP contribution is 2.53. The van der Waals surface area contributed by atoms with Crippen molar-refractivity contribution in [2.75, 3.05) is 6.54 Å². The van der Waals surface area contributed by atoms with Crippen LogP contribution in [0.4, 0.5) is 0 Å². The van der Waals surface area contributed by atoms with Crippen molar-refractivity contribution in [2.45, 2.75) is 37.7 Å². The maximum Gasteiger partial charge on any atom is 0.267 e. The molecule has 1 aromatic heterocycles. The molecule has 0 amide bonds. The fraction of sp³-hybridized carbons (Fsp3) is 0.615. The van der Waals surface area contributed by atoms with Gasteiger partial charge in [-0.1, -0.05) is 0 Å². The van der Waals surface area contributed by atoms with Gasteiger partial charge in [-0.15, -0.1) is 23.2 Å². The quantitative estimate of drug-likeness (QED) is 0.505. The largest absolute Gasteiger partial charge is 0.494 e. The Bertz CT molecular complexity index is 694. The number of rotatable bonds is 5. The van der Waals surface area contributed by atoms with Gasteiger partial charge in [0.2, 0.25) is 5.88 Å². The fourth-order valence-electron chi connectivity index (χ4n) is 2.13. The van der Waals surface area contributed by atoms with Gasteiger partial charge >= 0.3 is 0 Å². The van der Waals surface area contributed by atoms with Gasteiger partial charge in [0.25, 0.3) is 5.56 Å². The number of hydrogen-bond donors (Lipinski definition) is 1. The lowest BCUT2D eigenvalue weighted by atomic mass is 10.3. The topological polar surface area (TPSA) is 59.5 Å². The summed E-state index contributed by atoms with van der Waals surface area (Å²) in [5, 5.41) is 10.2. The minimum Gasteiger partial charge on any atom is -0.494 e. The Balaban J connectivity index is 2.37. The molecule has 1 atom stereocenters. The van der Waals surface area contributed by atoms with E-state index in [2.05, 4.69) is 4.99 Å². The Hall–Kier alpha value is -0.850. The molecule has 1 unspecified atom stereocenters. The average Bonchev–Trinajstić information content (AvgIpc) is 3.02. The second-order valence-electron chi connectivity index (χ2n) is 4.97. The van der Waals surface area contributed by atoms with Crippen molar-refractivity contribution in [1.82, 2.24) is 9.13 Å². The number of aromatic hydroxyl groups is 1. The van der Waals surface area contributed by atoms with E-state index in [9.17, 15) is 9.90 Å². The molecule has 1 aromatic rings. The highest BCUT2D eigenvalue weighted by molar-refractivity contribution is 7.71. The summed E-state index contributed by atoms with van der Waals surface area (Å²) in [6, 6.07) is 0. The van der Waals surface area contributed by atoms with Crippen LogP contribution in [0.15, 0.2) is 9.79 Å². The smallest absolute Gasteiger partial charge is 0.267 e. The molecule has 8 heteroatoms. The zero-order chi connectivity index (χ0) is 15.8. The Morgan fingerprint density at radius 2 is 2.00 bits per heavy atom. The lowest BCUT2D eigenvalue weighted by Gasteiger charge is -2.13. The van der Waals surface area contributed by atoms with Gasteiger partial charge < -0.3 is 5.11 Å². The molecule has 0 radical (unpaired) electrons. The summed E-state index contributed by atoms with van der Waals surface area (Å²) in [5.74, 6) is -0.0519. The molecule has 1 aliphatic rings. The second-order valence-corrected chi connectivity index (χ2v) is 6.88. The second kappa shape index (κ2) is 6.10. The summed E-state index contributed by atoms with van der Waals surface area (Å²) in [4.78, 5) is 16.5. The van der Waals surface area contributed by atoms with E-state index in [1.807, 2.05) is 13.8 Å². The number of halogens is 2. The molecule has 0 saturated heterocycles. The third-order valence-corrected chi connectivity index (χ3v) is 4.93. The third kappa shape index (κ3) is 3.17. The van der Waals surface area contributed by atoms with E-state index < -0.39 is 4.33 Å². The SMILES string of the molecule is CCn1c(O)c(C=NCC2CC2(Cl)Cl)c(=O)n(CC)c1=S. The normalized spacial score (nSPS) is 20.1. The zero-order valence-electron chi connectivity index (χ0n) is 11.8. The lowest BCUT2D eigenvalue weighted by Crippen LogP contribution is -2.28. The fourth-order valence-corrected chi connectivity index (χ4v) is 3.06. The van der Waals surface area contributed by atoms with E-state index in [1.54, 1.807) is 0 Å². The number of nitrogens with zero attached hydrogens (tertiary/aromatic N) is 3. The van der Waals surface area contributed by atoms with Gasteiger partial charge in [-0.2, -0.15) is 0 Å². The summed E-state index contributed by atoms with van der Waals surface area (Å²) in [5.41, 5.74) is -0.199.